The van der Waals surface area contributed by atoms with E-state index < -0.39 is 0 Å². The molecule has 0 radical (unpaired) electrons. The monoisotopic (exact) mass is 289 g/mol. The van der Waals surface area contributed by atoms with Gasteiger partial charge in [-0.3, -0.25) is 9.78 Å². The zero-order chi connectivity index (χ0) is 10.3. The van der Waals surface area contributed by atoms with E-state index >= 15 is 0 Å². The lowest BCUT2D eigenvalue weighted by atomic mass is 10.3. The van der Waals surface area contributed by atoms with Crippen molar-refractivity contribution >= 4 is 39.5 Å². The van der Waals surface area contributed by atoms with Crippen molar-refractivity contribution in [3.8, 4) is 10.7 Å². The van der Waals surface area contributed by atoms with Gasteiger partial charge in [0.2, 0.25) is 4.77 Å². The Morgan fingerprint density at radius 1 is 1.64 bits per heavy atom. The third-order valence-electron chi connectivity index (χ3n) is 1.86. The molecule has 2 aromatic heterocycles. The number of nitrogens with zero attached hydrogens (tertiary/aromatic N) is 2. The zero-order valence-electron chi connectivity index (χ0n) is 7.67. The number of aryl methyl sites for hydroxylation is 2. The normalized spacial score (nSPS) is 10.8. The van der Waals surface area contributed by atoms with Crippen LogP contribution in [0.2, 0.25) is 0 Å². The first-order valence-corrected chi connectivity index (χ1v) is 5.99. The average molecular weight is 290 g/mol. The summed E-state index contributed by atoms with van der Waals surface area (Å²) in [6.07, 6.45) is 0. The molecule has 0 bridgehead atoms. The topological polar surface area (TPSA) is 33.6 Å². The number of aromatic nitrogens is 3. The molecule has 74 valence electrons. The van der Waals surface area contributed by atoms with E-state index in [1.165, 1.54) is 5.56 Å². The fourth-order valence-electron chi connectivity index (χ4n) is 1.09. The van der Waals surface area contributed by atoms with Gasteiger partial charge in [0.05, 0.1) is 8.66 Å². The Morgan fingerprint density at radius 2 is 2.36 bits per heavy atom. The molecule has 2 aromatic rings. The number of H-pyrrole nitrogens is 1. The second-order valence-corrected chi connectivity index (χ2v) is 5.72. The van der Waals surface area contributed by atoms with Crippen molar-refractivity contribution in [3.05, 3.63) is 20.2 Å². The number of aromatic amines is 1. The van der Waals surface area contributed by atoms with E-state index in [2.05, 4.69) is 39.0 Å². The Labute approximate surface area is 98.9 Å². The summed E-state index contributed by atoms with van der Waals surface area (Å²) in [7, 11) is 1.86. The highest BCUT2D eigenvalue weighted by atomic mass is 79.9. The maximum absolute atomic E-state index is 5.03. The lowest BCUT2D eigenvalue weighted by molar-refractivity contribution is 0.756. The van der Waals surface area contributed by atoms with E-state index in [1.807, 2.05) is 7.05 Å². The molecule has 3 nitrogen and oxygen atoms in total. The lowest BCUT2D eigenvalue weighted by Gasteiger charge is -1.88. The number of halogens is 1. The molecule has 0 aliphatic carbocycles. The Bertz CT molecular complexity index is 503. The molecule has 0 fully saturated rings. The van der Waals surface area contributed by atoms with Crippen LogP contribution in [0.15, 0.2) is 9.85 Å². The van der Waals surface area contributed by atoms with Crippen LogP contribution < -0.4 is 0 Å². The molecule has 2 rings (SSSR count). The molecule has 0 amide bonds. The van der Waals surface area contributed by atoms with Crippen LogP contribution in [-0.2, 0) is 7.05 Å². The summed E-state index contributed by atoms with van der Waals surface area (Å²) in [5, 5.41) is 3.09. The van der Waals surface area contributed by atoms with Gasteiger partial charge in [-0.2, -0.15) is 4.98 Å². The number of nitrogens with one attached hydrogen (secondary N) is 1. The average Bonchev–Trinajstić information content (AvgIpc) is 2.60. The molecule has 0 aromatic carbocycles. The fraction of sp³-hybridized carbons (Fsp3) is 0.250. The summed E-state index contributed by atoms with van der Waals surface area (Å²) >= 11 is 10.2. The molecular weight excluding hydrogens is 282 g/mol. The van der Waals surface area contributed by atoms with Gasteiger partial charge >= 0.3 is 0 Å². The molecule has 1 N–H and O–H groups in total. The van der Waals surface area contributed by atoms with Crippen molar-refractivity contribution in [1.82, 2.24) is 14.8 Å². The minimum Gasteiger partial charge on any atom is -0.279 e. The Hall–Kier alpha value is -0.460. The minimum atomic E-state index is 0.571. The molecule has 2 heterocycles. The van der Waals surface area contributed by atoms with Gasteiger partial charge in [-0.05, 0) is 46.7 Å². The van der Waals surface area contributed by atoms with Gasteiger partial charge in [0, 0.05) is 7.05 Å². The fourth-order valence-corrected chi connectivity index (χ4v) is 2.70. The van der Waals surface area contributed by atoms with Gasteiger partial charge in [0.15, 0.2) is 5.82 Å². The van der Waals surface area contributed by atoms with Crippen LogP contribution in [0.5, 0.6) is 0 Å². The van der Waals surface area contributed by atoms with Crippen LogP contribution >= 0.6 is 39.5 Å². The van der Waals surface area contributed by atoms with E-state index in [0.29, 0.717) is 4.77 Å². The van der Waals surface area contributed by atoms with E-state index in [4.69, 9.17) is 12.2 Å². The van der Waals surface area contributed by atoms with E-state index in [-0.39, 0.29) is 0 Å². The van der Waals surface area contributed by atoms with Gasteiger partial charge in [0.1, 0.15) is 0 Å². The van der Waals surface area contributed by atoms with Crippen molar-refractivity contribution in [3.63, 3.8) is 0 Å². The molecule has 0 unspecified atom stereocenters. The first-order valence-electron chi connectivity index (χ1n) is 3.97. The smallest absolute Gasteiger partial charge is 0.216 e. The molecule has 0 aliphatic rings. The van der Waals surface area contributed by atoms with Gasteiger partial charge < -0.3 is 0 Å². The summed E-state index contributed by atoms with van der Waals surface area (Å²) in [6.45, 7) is 2.06. The predicted octanol–water partition coefficient (Wildman–Crippen LogP) is 3.28. The van der Waals surface area contributed by atoms with Crippen molar-refractivity contribution in [1.29, 1.82) is 0 Å². The Morgan fingerprint density at radius 3 is 2.79 bits per heavy atom. The number of thiophene rings is 1. The second-order valence-electron chi connectivity index (χ2n) is 2.98. The Balaban J connectivity index is 2.54. The highest BCUT2D eigenvalue weighted by Gasteiger charge is 2.08. The van der Waals surface area contributed by atoms with E-state index in [1.54, 1.807) is 16.0 Å². The molecule has 0 saturated carbocycles. The van der Waals surface area contributed by atoms with Crippen molar-refractivity contribution in [2.75, 3.05) is 0 Å². The largest absolute Gasteiger partial charge is 0.279 e. The number of hydrogen-bond donors (Lipinski definition) is 1. The molecule has 0 atom stereocenters. The van der Waals surface area contributed by atoms with Gasteiger partial charge in [-0.15, -0.1) is 11.3 Å². The van der Waals surface area contributed by atoms with Gasteiger partial charge in [0.25, 0.3) is 0 Å². The first-order chi connectivity index (χ1) is 6.58. The van der Waals surface area contributed by atoms with Crippen LogP contribution in [0.4, 0.5) is 0 Å². The second kappa shape index (κ2) is 3.60. The van der Waals surface area contributed by atoms with E-state index in [0.717, 1.165) is 14.5 Å². The molecule has 0 aliphatic heterocycles. The SMILES string of the molecule is Cc1cc(-c2nc(=S)n(C)[nH]2)sc1Br. The Kier molecular flexibility index (Phi) is 2.59. The van der Waals surface area contributed by atoms with Crippen LogP contribution in [-0.4, -0.2) is 14.8 Å². The standard InChI is InChI=1S/C8H8BrN3S2/c1-4-3-5(14-6(4)9)7-10-8(13)12(2)11-7/h3H,1-2H3,(H,10,11,13). The highest BCUT2D eigenvalue weighted by Crippen LogP contribution is 2.32. The zero-order valence-corrected chi connectivity index (χ0v) is 10.9. The van der Waals surface area contributed by atoms with E-state index in [9.17, 15) is 0 Å². The van der Waals surface area contributed by atoms with Gasteiger partial charge in [-0.1, -0.05) is 0 Å². The lowest BCUT2D eigenvalue weighted by Crippen LogP contribution is -1.88. The first kappa shape index (κ1) is 10.1. The highest BCUT2D eigenvalue weighted by molar-refractivity contribution is 9.11. The minimum absolute atomic E-state index is 0.571. The van der Waals surface area contributed by atoms with Crippen molar-refractivity contribution in [2.24, 2.45) is 7.05 Å². The van der Waals surface area contributed by atoms with Gasteiger partial charge in [-0.25, -0.2) is 0 Å². The third kappa shape index (κ3) is 1.69. The molecule has 0 spiro atoms. The molecule has 6 heteroatoms. The molecule has 14 heavy (non-hydrogen) atoms. The number of hydrogen-bond acceptors (Lipinski definition) is 3. The predicted molar refractivity (Wildman–Crippen MR) is 64.1 cm³/mol. The van der Waals surface area contributed by atoms with Crippen LogP contribution in [0.1, 0.15) is 5.56 Å². The summed E-state index contributed by atoms with van der Waals surface area (Å²) < 4.78 is 3.44. The van der Waals surface area contributed by atoms with Crippen molar-refractivity contribution < 1.29 is 0 Å². The quantitative estimate of drug-likeness (QED) is 0.818. The van der Waals surface area contributed by atoms with Crippen LogP contribution in [0.25, 0.3) is 10.7 Å². The summed E-state index contributed by atoms with van der Waals surface area (Å²) in [4.78, 5) is 5.34. The van der Waals surface area contributed by atoms with Crippen LogP contribution in [0, 0.1) is 11.7 Å². The number of rotatable bonds is 1. The summed E-state index contributed by atoms with van der Waals surface area (Å²) in [6, 6.07) is 2.09. The maximum Gasteiger partial charge on any atom is 0.216 e. The molecular formula is C8H8BrN3S2. The third-order valence-corrected chi connectivity index (χ3v) is 4.37. The summed E-state index contributed by atoms with van der Waals surface area (Å²) in [5.74, 6) is 0.830. The summed E-state index contributed by atoms with van der Waals surface area (Å²) in [5.41, 5.74) is 1.22. The van der Waals surface area contributed by atoms with Crippen molar-refractivity contribution in [2.45, 2.75) is 6.92 Å². The maximum atomic E-state index is 5.03. The molecule has 0 saturated heterocycles. The van der Waals surface area contributed by atoms with Crippen LogP contribution in [0.3, 0.4) is 0 Å².